The van der Waals surface area contributed by atoms with E-state index >= 15 is 0 Å². The summed E-state index contributed by atoms with van der Waals surface area (Å²) < 4.78 is 5.71. The van der Waals surface area contributed by atoms with E-state index in [1.807, 2.05) is 0 Å². The van der Waals surface area contributed by atoms with E-state index in [4.69, 9.17) is 4.42 Å². The number of nitrogens with one attached hydrogen (secondary N) is 1. The average molecular weight is 235 g/mol. The summed E-state index contributed by atoms with van der Waals surface area (Å²) in [5.74, 6) is 3.03. The Hall–Kier alpha value is -0.760. The zero-order valence-corrected chi connectivity index (χ0v) is 11.2. The fraction of sp³-hybridized carbons (Fsp3) is 0.733. The predicted octanol–water partition coefficient (Wildman–Crippen LogP) is 3.90. The highest BCUT2D eigenvalue weighted by atomic mass is 16.3. The van der Waals surface area contributed by atoms with Crippen molar-refractivity contribution in [1.29, 1.82) is 0 Å². The van der Waals surface area contributed by atoms with Crippen LogP contribution in [0.1, 0.15) is 57.5 Å². The molecule has 0 spiro atoms. The summed E-state index contributed by atoms with van der Waals surface area (Å²) in [6.45, 7) is 5.32. The molecule has 0 amide bonds. The largest absolute Gasteiger partial charge is 0.465 e. The van der Waals surface area contributed by atoms with Crippen molar-refractivity contribution in [1.82, 2.24) is 5.32 Å². The molecule has 0 unspecified atom stereocenters. The maximum absolute atomic E-state index is 5.71. The van der Waals surface area contributed by atoms with Crippen molar-refractivity contribution in [3.05, 3.63) is 23.7 Å². The van der Waals surface area contributed by atoms with E-state index in [-0.39, 0.29) is 0 Å². The number of furan rings is 1. The molecule has 1 aliphatic carbocycles. The smallest absolute Gasteiger partial charge is 0.117 e. The molecule has 1 atom stereocenters. The highest BCUT2D eigenvalue weighted by molar-refractivity contribution is 5.06. The average Bonchev–Trinajstić information content (AvgIpc) is 2.85. The highest BCUT2D eigenvalue weighted by Gasteiger charge is 2.19. The number of rotatable bonds is 5. The molecule has 96 valence electrons. The third kappa shape index (κ3) is 3.60. The van der Waals surface area contributed by atoms with Gasteiger partial charge >= 0.3 is 0 Å². The first kappa shape index (κ1) is 12.7. The molecule has 0 aromatic carbocycles. The van der Waals surface area contributed by atoms with E-state index in [9.17, 15) is 0 Å². The van der Waals surface area contributed by atoms with Crippen LogP contribution in [0.15, 0.2) is 16.5 Å². The Bertz CT molecular complexity index is 325. The molecule has 2 nitrogen and oxygen atoms in total. The molecule has 1 aromatic rings. The van der Waals surface area contributed by atoms with Crippen molar-refractivity contribution in [2.24, 2.45) is 5.92 Å². The van der Waals surface area contributed by atoms with Crippen LogP contribution in [0.3, 0.4) is 0 Å². The topological polar surface area (TPSA) is 25.2 Å². The Morgan fingerprint density at radius 3 is 2.59 bits per heavy atom. The van der Waals surface area contributed by atoms with Gasteiger partial charge in [-0.05, 0) is 37.8 Å². The minimum absolute atomic E-state index is 0.616. The summed E-state index contributed by atoms with van der Waals surface area (Å²) in [5.41, 5.74) is 0. The lowest BCUT2D eigenvalue weighted by molar-refractivity contribution is 0.275. The fourth-order valence-corrected chi connectivity index (χ4v) is 2.77. The van der Waals surface area contributed by atoms with Crippen LogP contribution < -0.4 is 5.32 Å². The van der Waals surface area contributed by atoms with Crippen LogP contribution in [0.5, 0.6) is 0 Å². The van der Waals surface area contributed by atoms with Gasteiger partial charge in [-0.1, -0.05) is 26.2 Å². The van der Waals surface area contributed by atoms with Crippen LogP contribution in [0, 0.1) is 5.92 Å². The monoisotopic (exact) mass is 235 g/mol. The van der Waals surface area contributed by atoms with Gasteiger partial charge < -0.3 is 9.73 Å². The van der Waals surface area contributed by atoms with Gasteiger partial charge in [0, 0.05) is 12.5 Å². The van der Waals surface area contributed by atoms with Crippen molar-refractivity contribution in [2.75, 3.05) is 0 Å². The van der Waals surface area contributed by atoms with Crippen LogP contribution >= 0.6 is 0 Å². The second-order valence-corrected chi connectivity index (χ2v) is 5.29. The molecule has 1 aromatic heterocycles. The lowest BCUT2D eigenvalue weighted by Crippen LogP contribution is -2.34. The zero-order chi connectivity index (χ0) is 12.1. The van der Waals surface area contributed by atoms with Gasteiger partial charge in [-0.2, -0.15) is 0 Å². The van der Waals surface area contributed by atoms with E-state index < -0.39 is 0 Å². The van der Waals surface area contributed by atoms with Gasteiger partial charge in [-0.25, -0.2) is 0 Å². The van der Waals surface area contributed by atoms with Crippen molar-refractivity contribution in [3.63, 3.8) is 0 Å². The summed E-state index contributed by atoms with van der Waals surface area (Å²) in [6.07, 6.45) is 8.04. The fourth-order valence-electron chi connectivity index (χ4n) is 2.77. The normalized spacial score (nSPS) is 19.4. The zero-order valence-electron chi connectivity index (χ0n) is 11.2. The second kappa shape index (κ2) is 6.25. The number of hydrogen-bond donors (Lipinski definition) is 1. The minimum Gasteiger partial charge on any atom is -0.465 e. The van der Waals surface area contributed by atoms with Crippen LogP contribution in [0.2, 0.25) is 0 Å². The number of hydrogen-bond acceptors (Lipinski definition) is 2. The van der Waals surface area contributed by atoms with Crippen LogP contribution in [0.4, 0.5) is 0 Å². The first-order chi connectivity index (χ1) is 8.29. The van der Waals surface area contributed by atoms with Gasteiger partial charge in [0.1, 0.15) is 11.5 Å². The van der Waals surface area contributed by atoms with Crippen LogP contribution in [0.25, 0.3) is 0 Å². The lowest BCUT2D eigenvalue weighted by atomic mass is 9.84. The molecule has 1 saturated carbocycles. The Labute approximate surface area is 105 Å². The molecule has 2 heteroatoms. The molecule has 0 aliphatic heterocycles. The summed E-state index contributed by atoms with van der Waals surface area (Å²) >= 11 is 0. The van der Waals surface area contributed by atoms with E-state index in [0.29, 0.717) is 6.04 Å². The van der Waals surface area contributed by atoms with E-state index in [0.717, 1.165) is 30.4 Å². The quantitative estimate of drug-likeness (QED) is 0.837. The molecule has 1 heterocycles. The third-order valence-corrected chi connectivity index (χ3v) is 4.02. The summed E-state index contributed by atoms with van der Waals surface area (Å²) in [4.78, 5) is 0. The molecule has 2 rings (SSSR count). The van der Waals surface area contributed by atoms with Gasteiger partial charge in [0.15, 0.2) is 0 Å². The van der Waals surface area contributed by atoms with E-state index in [2.05, 4.69) is 31.3 Å². The Morgan fingerprint density at radius 1 is 1.24 bits per heavy atom. The summed E-state index contributed by atoms with van der Waals surface area (Å²) in [7, 11) is 0. The van der Waals surface area contributed by atoms with Crippen molar-refractivity contribution in [3.8, 4) is 0 Å². The van der Waals surface area contributed by atoms with E-state index in [1.165, 1.54) is 32.1 Å². The molecule has 1 N–H and O–H groups in total. The SMILES string of the molecule is CCc1ccc(CN[C@H](C)C2CCCCC2)o1. The molecule has 0 radical (unpaired) electrons. The van der Waals surface area contributed by atoms with Crippen LogP contribution in [-0.2, 0) is 13.0 Å². The highest BCUT2D eigenvalue weighted by Crippen LogP contribution is 2.26. The Kier molecular flexibility index (Phi) is 4.66. The number of aryl methyl sites for hydroxylation is 1. The standard InChI is InChI=1S/C15H25NO/c1-3-14-9-10-15(17-14)11-16-12(2)13-7-5-4-6-8-13/h9-10,12-13,16H,3-8,11H2,1-2H3/t12-/m1/s1. The van der Waals surface area contributed by atoms with Gasteiger partial charge in [0.05, 0.1) is 6.54 Å². The molecule has 17 heavy (non-hydrogen) atoms. The summed E-state index contributed by atoms with van der Waals surface area (Å²) in [5, 5.41) is 3.61. The van der Waals surface area contributed by atoms with Crippen molar-refractivity contribution < 1.29 is 4.42 Å². The molecular weight excluding hydrogens is 210 g/mol. The molecule has 1 aliphatic rings. The van der Waals surface area contributed by atoms with Gasteiger partial charge in [-0.15, -0.1) is 0 Å². The maximum Gasteiger partial charge on any atom is 0.117 e. The second-order valence-electron chi connectivity index (χ2n) is 5.29. The van der Waals surface area contributed by atoms with Crippen LogP contribution in [-0.4, -0.2) is 6.04 Å². The van der Waals surface area contributed by atoms with Crippen molar-refractivity contribution in [2.45, 2.75) is 65.0 Å². The molecule has 0 bridgehead atoms. The van der Waals surface area contributed by atoms with Gasteiger partial charge in [0.25, 0.3) is 0 Å². The molecule has 0 saturated heterocycles. The molecule has 1 fully saturated rings. The van der Waals surface area contributed by atoms with Crippen molar-refractivity contribution >= 4 is 0 Å². The van der Waals surface area contributed by atoms with Gasteiger partial charge in [-0.3, -0.25) is 0 Å². The molecular formula is C15H25NO. The Morgan fingerprint density at radius 2 is 1.94 bits per heavy atom. The first-order valence-electron chi connectivity index (χ1n) is 7.10. The minimum atomic E-state index is 0.616. The first-order valence-corrected chi connectivity index (χ1v) is 7.10. The summed E-state index contributed by atoms with van der Waals surface area (Å²) in [6, 6.07) is 4.80. The third-order valence-electron chi connectivity index (χ3n) is 4.02. The van der Waals surface area contributed by atoms with Gasteiger partial charge in [0.2, 0.25) is 0 Å². The Balaban J connectivity index is 1.76. The van der Waals surface area contributed by atoms with E-state index in [1.54, 1.807) is 0 Å². The lowest BCUT2D eigenvalue weighted by Gasteiger charge is -2.28. The predicted molar refractivity (Wildman–Crippen MR) is 71.0 cm³/mol. The maximum atomic E-state index is 5.71.